The molecule has 0 aliphatic heterocycles. The topological polar surface area (TPSA) is 131 Å². The van der Waals surface area contributed by atoms with Crippen LogP contribution in [0.3, 0.4) is 0 Å². The van der Waals surface area contributed by atoms with Crippen LogP contribution in [0.5, 0.6) is 0 Å². The molecule has 0 saturated carbocycles. The van der Waals surface area contributed by atoms with E-state index in [9.17, 15) is 26.3 Å². The van der Waals surface area contributed by atoms with Crippen molar-refractivity contribution in [2.24, 2.45) is 0 Å². The number of hydrogen-bond donors (Lipinski definition) is 4. The van der Waals surface area contributed by atoms with Gasteiger partial charge in [0.15, 0.2) is 23.3 Å². The van der Waals surface area contributed by atoms with Crippen LogP contribution in [0.2, 0.25) is 5.28 Å². The fourth-order valence-electron chi connectivity index (χ4n) is 4.75. The fraction of sp³-hybridized carbons (Fsp3) is 0.0571. The molecule has 0 bridgehead atoms. The number of para-hydroxylation sites is 4. The minimum atomic E-state index is -4.38. The molecule has 0 saturated heterocycles. The first-order chi connectivity index (χ1) is 24.8. The number of rotatable bonds is 7. The van der Waals surface area contributed by atoms with Crippen LogP contribution < -0.4 is 21.7 Å². The number of nitrogen functional groups attached to an aromatic ring is 1. The third-order valence-corrected chi connectivity index (χ3v) is 7.45. The molecule has 4 aromatic carbocycles. The Kier molecular flexibility index (Phi) is 10.1. The van der Waals surface area contributed by atoms with E-state index in [4.69, 9.17) is 17.3 Å². The lowest BCUT2D eigenvalue weighted by atomic mass is 10.2. The lowest BCUT2D eigenvalue weighted by Crippen LogP contribution is -2.05. The Bertz CT molecular complexity index is 2290. The summed E-state index contributed by atoms with van der Waals surface area (Å²) in [4.78, 5) is 21.2. The first-order valence-electron chi connectivity index (χ1n) is 15.1. The molecule has 0 spiro atoms. The SMILES string of the molecule is FC(F)(F)c1ccc(Nc2cncc(-n3c(Cl)nc4ccccc43)n2)cc1.Nc1ccccc1Nc1cncc(Nc2ccc(C(F)(F)F)cc2)n1. The Hall–Kier alpha value is -6.42. The Morgan fingerprint density at radius 3 is 1.63 bits per heavy atom. The van der Waals surface area contributed by atoms with Gasteiger partial charge in [0.25, 0.3) is 0 Å². The van der Waals surface area contributed by atoms with Crippen molar-refractivity contribution in [3.63, 3.8) is 0 Å². The molecule has 17 heteroatoms. The number of imidazole rings is 1. The number of anilines is 7. The summed E-state index contributed by atoms with van der Waals surface area (Å²) in [6.45, 7) is 0. The number of nitrogens with zero attached hydrogens (tertiary/aromatic N) is 6. The monoisotopic (exact) mass is 734 g/mol. The quantitative estimate of drug-likeness (QED) is 0.0934. The smallest absolute Gasteiger partial charge is 0.397 e. The van der Waals surface area contributed by atoms with Gasteiger partial charge in [0.1, 0.15) is 0 Å². The second-order valence-corrected chi connectivity index (χ2v) is 11.2. The van der Waals surface area contributed by atoms with Crippen LogP contribution in [0.4, 0.5) is 66.5 Å². The van der Waals surface area contributed by atoms with Gasteiger partial charge < -0.3 is 21.7 Å². The molecule has 0 radical (unpaired) electrons. The van der Waals surface area contributed by atoms with Gasteiger partial charge in [-0.05, 0) is 84.4 Å². The summed E-state index contributed by atoms with van der Waals surface area (Å²) in [6, 6.07) is 23.9. The highest BCUT2D eigenvalue weighted by molar-refractivity contribution is 6.29. The summed E-state index contributed by atoms with van der Waals surface area (Å²) < 4.78 is 77.3. The number of halogens is 7. The van der Waals surface area contributed by atoms with Crippen molar-refractivity contribution in [2.75, 3.05) is 21.7 Å². The molecule has 7 rings (SSSR count). The van der Waals surface area contributed by atoms with Gasteiger partial charge in [-0.15, -0.1) is 0 Å². The molecule has 0 amide bonds. The number of benzene rings is 4. The zero-order chi connectivity index (χ0) is 36.9. The number of fused-ring (bicyclic) bond motifs is 1. The molecule has 52 heavy (non-hydrogen) atoms. The van der Waals surface area contributed by atoms with Crippen LogP contribution in [0, 0.1) is 0 Å². The molecule has 264 valence electrons. The van der Waals surface area contributed by atoms with Crippen molar-refractivity contribution >= 4 is 62.8 Å². The van der Waals surface area contributed by atoms with Crippen LogP contribution in [0.15, 0.2) is 122 Å². The van der Waals surface area contributed by atoms with Crippen LogP contribution in [-0.4, -0.2) is 29.5 Å². The van der Waals surface area contributed by atoms with Crippen molar-refractivity contribution in [2.45, 2.75) is 12.4 Å². The summed E-state index contributed by atoms with van der Waals surface area (Å²) in [6.07, 6.45) is -2.76. The standard InChI is InChI=1S/C18H11ClF3N5.C17H14F3N5/c19-17-25-13-3-1-2-4-14(13)27(17)16-10-23-9-15(26-16)24-12-7-5-11(6-8-12)18(20,21)22;18-17(19,20)11-5-7-12(8-6-11)23-15-9-22-10-16(25-15)24-14-4-2-1-3-13(14)21/h1-10H,(H,24,26);1-10H,21H2,(H2,23,24,25). The normalized spacial score (nSPS) is 11.4. The minimum absolute atomic E-state index is 0.234. The van der Waals surface area contributed by atoms with E-state index in [-0.39, 0.29) is 5.28 Å². The van der Waals surface area contributed by atoms with E-state index >= 15 is 0 Å². The summed E-state index contributed by atoms with van der Waals surface area (Å²) in [5.74, 6) is 1.64. The van der Waals surface area contributed by atoms with Gasteiger partial charge in [-0.3, -0.25) is 14.5 Å². The fourth-order valence-corrected chi connectivity index (χ4v) is 5.02. The predicted molar refractivity (Wildman–Crippen MR) is 187 cm³/mol. The molecule has 0 aliphatic carbocycles. The van der Waals surface area contributed by atoms with Crippen molar-refractivity contribution in [1.82, 2.24) is 29.5 Å². The molecule has 5 N–H and O–H groups in total. The molecule has 0 atom stereocenters. The van der Waals surface area contributed by atoms with Gasteiger partial charge in [-0.25, -0.2) is 15.0 Å². The maximum Gasteiger partial charge on any atom is 0.416 e. The van der Waals surface area contributed by atoms with E-state index in [1.54, 1.807) is 16.7 Å². The number of nitrogens with one attached hydrogen (secondary N) is 3. The van der Waals surface area contributed by atoms with Gasteiger partial charge in [0.2, 0.25) is 5.28 Å². The molecular formula is C35H25ClF6N10. The third-order valence-electron chi connectivity index (χ3n) is 7.20. The molecule has 0 unspecified atom stereocenters. The van der Waals surface area contributed by atoms with Crippen molar-refractivity contribution < 1.29 is 26.3 Å². The van der Waals surface area contributed by atoms with Crippen molar-refractivity contribution in [3.8, 4) is 5.82 Å². The van der Waals surface area contributed by atoms with Crippen LogP contribution >= 0.6 is 11.6 Å². The molecule has 10 nitrogen and oxygen atoms in total. The second-order valence-electron chi connectivity index (χ2n) is 10.9. The number of nitrogens with two attached hydrogens (primary N) is 1. The van der Waals surface area contributed by atoms with Crippen LogP contribution in [0.25, 0.3) is 16.9 Å². The lowest BCUT2D eigenvalue weighted by molar-refractivity contribution is -0.138. The van der Waals surface area contributed by atoms with E-state index in [1.165, 1.54) is 49.1 Å². The zero-order valence-electron chi connectivity index (χ0n) is 26.5. The summed E-state index contributed by atoms with van der Waals surface area (Å²) in [5.41, 5.74) is 8.08. The maximum atomic E-state index is 12.7. The summed E-state index contributed by atoms with van der Waals surface area (Å²) in [5, 5.41) is 9.12. The van der Waals surface area contributed by atoms with E-state index in [0.29, 0.717) is 51.5 Å². The molecular weight excluding hydrogens is 710 g/mol. The molecule has 7 aromatic rings. The zero-order valence-corrected chi connectivity index (χ0v) is 27.2. The summed E-state index contributed by atoms with van der Waals surface area (Å²) in [7, 11) is 0. The van der Waals surface area contributed by atoms with E-state index in [1.807, 2.05) is 36.4 Å². The maximum absolute atomic E-state index is 12.7. The van der Waals surface area contributed by atoms with Crippen molar-refractivity contribution in [3.05, 3.63) is 138 Å². The average molecular weight is 735 g/mol. The van der Waals surface area contributed by atoms with Crippen molar-refractivity contribution in [1.29, 1.82) is 0 Å². The summed E-state index contributed by atoms with van der Waals surface area (Å²) >= 11 is 6.23. The highest BCUT2D eigenvalue weighted by Crippen LogP contribution is 2.32. The van der Waals surface area contributed by atoms with Gasteiger partial charge in [0, 0.05) is 11.4 Å². The Morgan fingerprint density at radius 1 is 0.558 bits per heavy atom. The Balaban J connectivity index is 0.000000179. The Labute approximate surface area is 296 Å². The van der Waals surface area contributed by atoms with Crippen LogP contribution in [-0.2, 0) is 12.4 Å². The van der Waals surface area contributed by atoms with Gasteiger partial charge in [-0.2, -0.15) is 26.3 Å². The van der Waals surface area contributed by atoms with E-state index in [0.717, 1.165) is 29.8 Å². The molecule has 3 heterocycles. The van der Waals surface area contributed by atoms with E-state index in [2.05, 4.69) is 40.9 Å². The minimum Gasteiger partial charge on any atom is -0.397 e. The number of alkyl halides is 6. The first-order valence-corrected chi connectivity index (χ1v) is 15.5. The van der Waals surface area contributed by atoms with Crippen LogP contribution in [0.1, 0.15) is 11.1 Å². The molecule has 0 fully saturated rings. The number of aromatic nitrogens is 6. The molecule has 0 aliphatic rings. The predicted octanol–water partition coefficient (Wildman–Crippen LogP) is 9.80. The average Bonchev–Trinajstić information content (AvgIpc) is 3.45. The first kappa shape index (κ1) is 35.4. The largest absolute Gasteiger partial charge is 0.416 e. The van der Waals surface area contributed by atoms with Gasteiger partial charge >= 0.3 is 12.4 Å². The van der Waals surface area contributed by atoms with E-state index < -0.39 is 23.5 Å². The third kappa shape index (κ3) is 8.65. The highest BCUT2D eigenvalue weighted by Gasteiger charge is 2.30. The lowest BCUT2D eigenvalue weighted by Gasteiger charge is -2.11. The van der Waals surface area contributed by atoms with Gasteiger partial charge in [-0.1, -0.05) is 24.3 Å². The second kappa shape index (κ2) is 14.8. The Morgan fingerprint density at radius 2 is 1.06 bits per heavy atom. The number of hydrogen-bond acceptors (Lipinski definition) is 9. The molecule has 3 aromatic heterocycles. The van der Waals surface area contributed by atoms with Gasteiger partial charge in [0.05, 0.1) is 58.3 Å². The highest BCUT2D eigenvalue weighted by atomic mass is 35.5.